The molecule has 4 aromatic rings. The second-order valence-corrected chi connectivity index (χ2v) is 8.79. The predicted molar refractivity (Wildman–Crippen MR) is 133 cm³/mol. The number of fused-ring (bicyclic) bond motifs is 1. The zero-order valence-corrected chi connectivity index (χ0v) is 18.9. The van der Waals surface area contributed by atoms with Crippen molar-refractivity contribution in [1.29, 1.82) is 0 Å². The third-order valence-electron chi connectivity index (χ3n) is 6.63. The maximum absolute atomic E-state index is 14.4. The first kappa shape index (κ1) is 21.8. The quantitative estimate of drug-likeness (QED) is 0.246. The smallest absolute Gasteiger partial charge is 0.328 e. The molecule has 4 nitrogen and oxygen atoms in total. The van der Waals surface area contributed by atoms with Gasteiger partial charge in [-0.15, -0.1) is 0 Å². The highest BCUT2D eigenvalue weighted by atomic mass is 19.1. The Morgan fingerprint density at radius 1 is 0.971 bits per heavy atom. The lowest BCUT2D eigenvalue weighted by molar-refractivity contribution is -0.131. The summed E-state index contributed by atoms with van der Waals surface area (Å²) in [6, 6.07) is 24.1. The van der Waals surface area contributed by atoms with Crippen LogP contribution < -0.4 is 0 Å². The monoisotopic (exact) mass is 452 g/mol. The van der Waals surface area contributed by atoms with Crippen LogP contribution in [-0.4, -0.2) is 21.3 Å². The standard InChI is InChI=1S/C29H25FN2O2/c1-18(16-26(33)34)19-10-12-22(13-11-19)28(23-14-15-25-24(17-23)29(30)32-31-25)27(21-8-5-9-21)20-6-3-2-4-7-20/h2-4,6-7,10-17,21H,5,8-9H2,1H3,(H,31,32)(H,33,34)/b18-16+,28-27-. The van der Waals surface area contributed by atoms with Gasteiger partial charge in [-0.2, -0.15) is 9.49 Å². The number of carboxylic acids is 1. The van der Waals surface area contributed by atoms with Crippen molar-refractivity contribution >= 4 is 33.6 Å². The van der Waals surface area contributed by atoms with Gasteiger partial charge in [0.2, 0.25) is 5.95 Å². The Hall–Kier alpha value is -3.99. The molecule has 0 spiro atoms. The number of hydrogen-bond acceptors (Lipinski definition) is 2. The zero-order valence-electron chi connectivity index (χ0n) is 18.9. The van der Waals surface area contributed by atoms with Gasteiger partial charge in [-0.1, -0.05) is 67.1 Å². The first-order chi connectivity index (χ1) is 16.5. The molecule has 0 aliphatic heterocycles. The summed E-state index contributed by atoms with van der Waals surface area (Å²) in [6.45, 7) is 1.79. The summed E-state index contributed by atoms with van der Waals surface area (Å²) < 4.78 is 14.4. The number of aliphatic carboxylic acids is 1. The number of rotatable bonds is 6. The third-order valence-corrected chi connectivity index (χ3v) is 6.63. The fraction of sp³-hybridized carbons (Fsp3) is 0.172. The number of carboxylic acid groups (broad SMARTS) is 1. The summed E-state index contributed by atoms with van der Waals surface area (Å²) in [6.07, 6.45) is 4.65. The first-order valence-electron chi connectivity index (χ1n) is 11.5. The van der Waals surface area contributed by atoms with Gasteiger partial charge in [0.1, 0.15) is 0 Å². The van der Waals surface area contributed by atoms with Crippen molar-refractivity contribution in [2.24, 2.45) is 5.92 Å². The van der Waals surface area contributed by atoms with Gasteiger partial charge in [-0.05, 0) is 76.8 Å². The van der Waals surface area contributed by atoms with Gasteiger partial charge in [0.25, 0.3) is 0 Å². The van der Waals surface area contributed by atoms with Crippen molar-refractivity contribution in [3.05, 3.63) is 107 Å². The number of halogens is 1. The minimum atomic E-state index is -0.964. The van der Waals surface area contributed by atoms with Gasteiger partial charge < -0.3 is 5.11 Å². The minimum absolute atomic E-state index is 0.426. The molecular formula is C29H25FN2O2. The molecule has 1 aromatic heterocycles. The average molecular weight is 453 g/mol. The molecule has 5 heteroatoms. The molecule has 0 radical (unpaired) electrons. The number of aromatic nitrogens is 2. The lowest BCUT2D eigenvalue weighted by atomic mass is 9.73. The van der Waals surface area contributed by atoms with Crippen LogP contribution in [0.4, 0.5) is 4.39 Å². The third kappa shape index (κ3) is 4.17. The maximum Gasteiger partial charge on any atom is 0.328 e. The summed E-state index contributed by atoms with van der Waals surface area (Å²) in [5.41, 5.74) is 7.59. The second-order valence-electron chi connectivity index (χ2n) is 8.79. The molecule has 0 amide bonds. The van der Waals surface area contributed by atoms with Crippen LogP contribution in [0, 0.1) is 11.9 Å². The molecule has 3 aromatic carbocycles. The number of benzene rings is 3. The number of nitrogens with one attached hydrogen (secondary N) is 1. The van der Waals surface area contributed by atoms with Crippen molar-refractivity contribution in [1.82, 2.24) is 10.2 Å². The molecule has 1 fully saturated rings. The lowest BCUT2D eigenvalue weighted by Gasteiger charge is -2.31. The minimum Gasteiger partial charge on any atom is -0.478 e. The number of aromatic amines is 1. The molecule has 0 atom stereocenters. The van der Waals surface area contributed by atoms with Crippen LogP contribution in [0.15, 0.2) is 78.9 Å². The molecule has 0 unspecified atom stereocenters. The van der Waals surface area contributed by atoms with Crippen LogP contribution in [0.5, 0.6) is 0 Å². The van der Waals surface area contributed by atoms with E-state index < -0.39 is 11.9 Å². The van der Waals surface area contributed by atoms with Crippen molar-refractivity contribution in [3.8, 4) is 0 Å². The van der Waals surface area contributed by atoms with Crippen LogP contribution in [0.1, 0.15) is 48.4 Å². The van der Waals surface area contributed by atoms with Gasteiger partial charge in [-0.3, -0.25) is 5.10 Å². The second kappa shape index (κ2) is 9.10. The van der Waals surface area contributed by atoms with Gasteiger partial charge in [0, 0.05) is 6.08 Å². The highest BCUT2D eigenvalue weighted by Crippen LogP contribution is 2.45. The largest absolute Gasteiger partial charge is 0.478 e. The summed E-state index contributed by atoms with van der Waals surface area (Å²) in [4.78, 5) is 11.1. The molecule has 5 rings (SSSR count). The Balaban J connectivity index is 1.73. The fourth-order valence-electron chi connectivity index (χ4n) is 4.68. The molecular weight excluding hydrogens is 427 g/mol. The van der Waals surface area contributed by atoms with E-state index in [1.165, 1.54) is 23.6 Å². The SMILES string of the molecule is C/C(=C\C(=O)O)c1ccc(/C(=C(\c2ccccc2)C2CCC2)c2ccc3n[nH]c(F)c3c2)cc1. The van der Waals surface area contributed by atoms with E-state index in [1.54, 1.807) is 6.92 Å². The Labute approximate surface area is 197 Å². The van der Waals surface area contributed by atoms with E-state index in [0.717, 1.165) is 35.1 Å². The molecule has 1 aliphatic rings. The summed E-state index contributed by atoms with van der Waals surface area (Å²) in [5.74, 6) is -0.976. The van der Waals surface area contributed by atoms with Gasteiger partial charge in [-0.25, -0.2) is 4.79 Å². The van der Waals surface area contributed by atoms with E-state index in [2.05, 4.69) is 22.3 Å². The van der Waals surface area contributed by atoms with E-state index >= 15 is 0 Å². The zero-order chi connectivity index (χ0) is 23.7. The highest BCUT2D eigenvalue weighted by molar-refractivity contribution is 6.01. The fourth-order valence-corrected chi connectivity index (χ4v) is 4.68. The highest BCUT2D eigenvalue weighted by Gasteiger charge is 2.27. The maximum atomic E-state index is 14.4. The molecule has 0 bridgehead atoms. The molecule has 2 N–H and O–H groups in total. The van der Waals surface area contributed by atoms with Crippen LogP contribution >= 0.6 is 0 Å². The van der Waals surface area contributed by atoms with Crippen LogP contribution in [-0.2, 0) is 4.79 Å². The van der Waals surface area contributed by atoms with Gasteiger partial charge >= 0.3 is 5.97 Å². The van der Waals surface area contributed by atoms with Gasteiger partial charge in [0.15, 0.2) is 0 Å². The van der Waals surface area contributed by atoms with Crippen molar-refractivity contribution in [2.75, 3.05) is 0 Å². The molecule has 1 heterocycles. The topological polar surface area (TPSA) is 66.0 Å². The summed E-state index contributed by atoms with van der Waals surface area (Å²) >= 11 is 0. The lowest BCUT2D eigenvalue weighted by Crippen LogP contribution is -2.15. The van der Waals surface area contributed by atoms with Gasteiger partial charge in [0.05, 0.1) is 10.9 Å². The summed E-state index contributed by atoms with van der Waals surface area (Å²) in [5, 5.41) is 16.0. The number of nitrogens with zero attached hydrogens (tertiary/aromatic N) is 1. The van der Waals surface area contributed by atoms with Crippen molar-refractivity contribution in [3.63, 3.8) is 0 Å². The number of carbonyl (C=O) groups is 1. The molecule has 1 saturated carbocycles. The molecule has 34 heavy (non-hydrogen) atoms. The Morgan fingerprint density at radius 2 is 1.65 bits per heavy atom. The van der Waals surface area contributed by atoms with Crippen LogP contribution in [0.25, 0.3) is 27.6 Å². The molecule has 0 saturated heterocycles. The Kier molecular flexibility index (Phi) is 5.84. The first-order valence-corrected chi connectivity index (χ1v) is 11.5. The van der Waals surface area contributed by atoms with E-state index in [1.807, 2.05) is 60.7 Å². The van der Waals surface area contributed by atoms with E-state index in [9.17, 15) is 9.18 Å². The predicted octanol–water partition coefficient (Wildman–Crippen LogP) is 6.95. The Morgan fingerprint density at radius 3 is 2.29 bits per heavy atom. The van der Waals surface area contributed by atoms with Crippen molar-refractivity contribution < 1.29 is 14.3 Å². The number of H-pyrrole nitrogens is 1. The number of hydrogen-bond donors (Lipinski definition) is 2. The molecule has 170 valence electrons. The van der Waals surface area contributed by atoms with Crippen LogP contribution in [0.3, 0.4) is 0 Å². The van der Waals surface area contributed by atoms with Crippen LogP contribution in [0.2, 0.25) is 0 Å². The van der Waals surface area contributed by atoms with Crippen molar-refractivity contribution in [2.45, 2.75) is 26.2 Å². The van der Waals surface area contributed by atoms with E-state index in [-0.39, 0.29) is 0 Å². The average Bonchev–Trinajstić information content (AvgIpc) is 3.18. The summed E-state index contributed by atoms with van der Waals surface area (Å²) in [7, 11) is 0. The Bertz CT molecular complexity index is 1410. The molecule has 1 aliphatic carbocycles. The number of allylic oxidation sites excluding steroid dienone is 2. The normalized spacial score (nSPS) is 15.2. The van der Waals surface area contributed by atoms with E-state index in [4.69, 9.17) is 5.11 Å². The van der Waals surface area contributed by atoms with E-state index in [0.29, 0.717) is 22.4 Å².